The molecule has 3 rings (SSSR count). The summed E-state index contributed by atoms with van der Waals surface area (Å²) in [5, 5.41) is 9.23. The third-order valence-corrected chi connectivity index (χ3v) is 4.47. The van der Waals surface area contributed by atoms with E-state index in [4.69, 9.17) is 9.47 Å². The molecule has 1 saturated heterocycles. The van der Waals surface area contributed by atoms with Gasteiger partial charge in [0.05, 0.1) is 31.6 Å². The maximum absolute atomic E-state index is 11.3. The third-order valence-electron chi connectivity index (χ3n) is 4.47. The summed E-state index contributed by atoms with van der Waals surface area (Å²) in [7, 11) is 1.63. The van der Waals surface area contributed by atoms with Gasteiger partial charge in [0.1, 0.15) is 5.75 Å². The van der Waals surface area contributed by atoms with E-state index in [-0.39, 0.29) is 5.56 Å². The molecule has 0 aliphatic carbocycles. The molecule has 0 aromatic heterocycles. The summed E-state index contributed by atoms with van der Waals surface area (Å²) in [5.41, 5.74) is 3.45. The topological polar surface area (TPSA) is 71.4 Å². The number of carboxylic acid groups (broad SMARTS) is 1. The van der Waals surface area contributed by atoms with Gasteiger partial charge < -0.3 is 19.5 Å². The third kappa shape index (κ3) is 3.86. The molecule has 26 heavy (non-hydrogen) atoms. The van der Waals surface area contributed by atoms with Gasteiger partial charge in [-0.25, -0.2) is 4.79 Å². The Balaban J connectivity index is 1.86. The van der Waals surface area contributed by atoms with Gasteiger partial charge in [-0.1, -0.05) is 6.07 Å². The maximum atomic E-state index is 11.3. The van der Waals surface area contributed by atoms with Crippen molar-refractivity contribution in [2.24, 2.45) is 4.99 Å². The first-order chi connectivity index (χ1) is 12.6. The molecule has 1 fully saturated rings. The van der Waals surface area contributed by atoms with Gasteiger partial charge in [0.25, 0.3) is 0 Å². The monoisotopic (exact) mass is 354 g/mol. The van der Waals surface area contributed by atoms with Crippen LogP contribution in [0.3, 0.4) is 0 Å². The number of aromatic carboxylic acids is 1. The van der Waals surface area contributed by atoms with Crippen molar-refractivity contribution in [3.05, 3.63) is 53.1 Å². The minimum atomic E-state index is -0.952. The zero-order valence-electron chi connectivity index (χ0n) is 14.9. The zero-order valence-corrected chi connectivity index (χ0v) is 14.9. The lowest BCUT2D eigenvalue weighted by Crippen LogP contribution is -2.36. The molecule has 0 radical (unpaired) electrons. The number of anilines is 1. The molecule has 1 N–H and O–H groups in total. The maximum Gasteiger partial charge on any atom is 0.336 e. The Kier molecular flexibility index (Phi) is 5.53. The van der Waals surface area contributed by atoms with Crippen molar-refractivity contribution in [2.45, 2.75) is 6.92 Å². The molecule has 0 bridgehead atoms. The zero-order chi connectivity index (χ0) is 18.5. The number of ether oxygens (including phenoxy) is 2. The summed E-state index contributed by atoms with van der Waals surface area (Å²) in [6, 6.07) is 11.1. The fourth-order valence-electron chi connectivity index (χ4n) is 2.96. The first-order valence-electron chi connectivity index (χ1n) is 8.48. The van der Waals surface area contributed by atoms with E-state index in [2.05, 4.69) is 9.89 Å². The molecule has 0 unspecified atom stereocenters. The molecular formula is C20H22N2O4. The lowest BCUT2D eigenvalue weighted by molar-refractivity contribution is 0.0696. The van der Waals surface area contributed by atoms with Gasteiger partial charge in [0.15, 0.2) is 0 Å². The molecule has 1 aliphatic heterocycles. The van der Waals surface area contributed by atoms with Gasteiger partial charge >= 0.3 is 5.97 Å². The lowest BCUT2D eigenvalue weighted by atomic mass is 10.1. The molecule has 2 aromatic carbocycles. The van der Waals surface area contributed by atoms with Gasteiger partial charge in [-0.15, -0.1) is 0 Å². The van der Waals surface area contributed by atoms with Crippen molar-refractivity contribution < 1.29 is 19.4 Å². The highest BCUT2D eigenvalue weighted by molar-refractivity contribution is 5.92. The number of benzene rings is 2. The molecule has 2 aromatic rings. The summed E-state index contributed by atoms with van der Waals surface area (Å²) in [5.74, 6) is -0.225. The molecule has 0 saturated carbocycles. The summed E-state index contributed by atoms with van der Waals surface area (Å²) in [4.78, 5) is 18.0. The molecule has 0 amide bonds. The van der Waals surface area contributed by atoms with Crippen LogP contribution in [0.4, 0.5) is 11.4 Å². The van der Waals surface area contributed by atoms with Gasteiger partial charge in [0, 0.05) is 36.6 Å². The Morgan fingerprint density at radius 2 is 2.04 bits per heavy atom. The van der Waals surface area contributed by atoms with Crippen molar-refractivity contribution in [3.8, 4) is 5.75 Å². The van der Waals surface area contributed by atoms with Crippen LogP contribution in [0.15, 0.2) is 41.4 Å². The summed E-state index contributed by atoms with van der Waals surface area (Å²) < 4.78 is 10.9. The molecule has 1 aliphatic rings. The molecule has 136 valence electrons. The second-order valence-corrected chi connectivity index (χ2v) is 6.04. The van der Waals surface area contributed by atoms with E-state index in [1.807, 2.05) is 18.2 Å². The van der Waals surface area contributed by atoms with Crippen molar-refractivity contribution in [1.82, 2.24) is 0 Å². The van der Waals surface area contributed by atoms with Crippen molar-refractivity contribution >= 4 is 23.6 Å². The highest BCUT2D eigenvalue weighted by Gasteiger charge is 2.13. The smallest absolute Gasteiger partial charge is 0.336 e. The molecule has 6 nitrogen and oxygen atoms in total. The van der Waals surface area contributed by atoms with Crippen LogP contribution in [0.25, 0.3) is 0 Å². The first-order valence-corrected chi connectivity index (χ1v) is 8.48. The van der Waals surface area contributed by atoms with Gasteiger partial charge in [-0.3, -0.25) is 4.99 Å². The van der Waals surface area contributed by atoms with Crippen LogP contribution in [-0.4, -0.2) is 50.7 Å². The SMILES string of the molecule is COc1cc(N2CCOCC2)ccc1C=Nc1cccc(C(=O)O)c1C. The predicted octanol–water partition coefficient (Wildman–Crippen LogP) is 3.29. The second kappa shape index (κ2) is 8.01. The fourth-order valence-corrected chi connectivity index (χ4v) is 2.96. The molecule has 0 spiro atoms. The van der Waals surface area contributed by atoms with E-state index < -0.39 is 5.97 Å². The van der Waals surface area contributed by atoms with E-state index in [1.165, 1.54) is 0 Å². The van der Waals surface area contributed by atoms with E-state index in [1.54, 1.807) is 38.4 Å². The quantitative estimate of drug-likeness (QED) is 0.834. The lowest BCUT2D eigenvalue weighted by Gasteiger charge is -2.29. The summed E-state index contributed by atoms with van der Waals surface area (Å²) in [6.45, 7) is 4.93. The van der Waals surface area contributed by atoms with Crippen LogP contribution in [0.5, 0.6) is 5.75 Å². The van der Waals surface area contributed by atoms with Crippen LogP contribution in [0.2, 0.25) is 0 Å². The summed E-state index contributed by atoms with van der Waals surface area (Å²) >= 11 is 0. The number of hydrogen-bond acceptors (Lipinski definition) is 5. The first kappa shape index (κ1) is 17.9. The minimum absolute atomic E-state index is 0.259. The normalized spacial score (nSPS) is 14.6. The largest absolute Gasteiger partial charge is 0.496 e. The number of hydrogen-bond donors (Lipinski definition) is 1. The van der Waals surface area contributed by atoms with Crippen LogP contribution in [-0.2, 0) is 4.74 Å². The molecule has 1 heterocycles. The number of carboxylic acids is 1. The fraction of sp³-hybridized carbons (Fsp3) is 0.300. The number of methoxy groups -OCH3 is 1. The average molecular weight is 354 g/mol. The Morgan fingerprint density at radius 1 is 1.27 bits per heavy atom. The van der Waals surface area contributed by atoms with Crippen LogP contribution < -0.4 is 9.64 Å². The minimum Gasteiger partial charge on any atom is -0.496 e. The Labute approximate surface area is 152 Å². The number of carbonyl (C=O) groups is 1. The van der Waals surface area contributed by atoms with E-state index in [9.17, 15) is 9.90 Å². The van der Waals surface area contributed by atoms with Gasteiger partial charge in [0.2, 0.25) is 0 Å². The highest BCUT2D eigenvalue weighted by atomic mass is 16.5. The Bertz CT molecular complexity index is 827. The summed E-state index contributed by atoms with van der Waals surface area (Å²) in [6.07, 6.45) is 1.70. The Morgan fingerprint density at radius 3 is 2.73 bits per heavy atom. The van der Waals surface area contributed by atoms with Crippen LogP contribution >= 0.6 is 0 Å². The average Bonchev–Trinajstić information content (AvgIpc) is 2.67. The van der Waals surface area contributed by atoms with Gasteiger partial charge in [-0.05, 0) is 36.8 Å². The van der Waals surface area contributed by atoms with E-state index in [0.29, 0.717) is 11.3 Å². The van der Waals surface area contributed by atoms with Crippen molar-refractivity contribution in [2.75, 3.05) is 38.3 Å². The number of nitrogens with zero attached hydrogens (tertiary/aromatic N) is 2. The van der Waals surface area contributed by atoms with E-state index in [0.717, 1.165) is 43.3 Å². The molecule has 0 atom stereocenters. The molecular weight excluding hydrogens is 332 g/mol. The van der Waals surface area contributed by atoms with Gasteiger partial charge in [-0.2, -0.15) is 0 Å². The second-order valence-electron chi connectivity index (χ2n) is 6.04. The Hall–Kier alpha value is -2.86. The van der Waals surface area contributed by atoms with Crippen LogP contribution in [0.1, 0.15) is 21.5 Å². The number of aliphatic imine (C=N–C) groups is 1. The van der Waals surface area contributed by atoms with Crippen molar-refractivity contribution in [1.29, 1.82) is 0 Å². The number of rotatable bonds is 5. The van der Waals surface area contributed by atoms with E-state index >= 15 is 0 Å². The molecule has 6 heteroatoms. The predicted molar refractivity (Wildman–Crippen MR) is 101 cm³/mol. The highest BCUT2D eigenvalue weighted by Crippen LogP contribution is 2.27. The van der Waals surface area contributed by atoms with Crippen LogP contribution in [0, 0.1) is 6.92 Å². The van der Waals surface area contributed by atoms with Crippen molar-refractivity contribution in [3.63, 3.8) is 0 Å². The standard InChI is InChI=1S/C20H22N2O4/c1-14-17(20(23)24)4-3-5-18(14)21-13-15-6-7-16(12-19(15)25-2)22-8-10-26-11-9-22/h3-7,12-13H,8-11H2,1-2H3,(H,23,24). The number of morpholine rings is 1.